The van der Waals surface area contributed by atoms with Gasteiger partial charge in [-0.3, -0.25) is 44.3 Å². The van der Waals surface area contributed by atoms with Crippen molar-refractivity contribution in [2.24, 2.45) is 11.8 Å². The van der Waals surface area contributed by atoms with Crippen molar-refractivity contribution >= 4 is 84.9 Å². The Labute approximate surface area is 518 Å². The number of hydrogen-bond acceptors (Lipinski definition) is 17. The van der Waals surface area contributed by atoms with Crippen LogP contribution >= 0.6 is 11.6 Å². The summed E-state index contributed by atoms with van der Waals surface area (Å²) in [5.41, 5.74) is 5.81. The predicted octanol–water partition coefficient (Wildman–Crippen LogP) is 8.35. The van der Waals surface area contributed by atoms with Gasteiger partial charge in [0.2, 0.25) is 17.7 Å². The third-order valence-electron chi connectivity index (χ3n) is 17.3. The van der Waals surface area contributed by atoms with Gasteiger partial charge in [-0.2, -0.15) is 0 Å². The van der Waals surface area contributed by atoms with E-state index in [2.05, 4.69) is 46.5 Å². The number of halogens is 1. The summed E-state index contributed by atoms with van der Waals surface area (Å²) in [5, 5.41) is 22.3. The summed E-state index contributed by atoms with van der Waals surface area (Å²) < 4.78 is 48.4. The number of fused-ring (bicyclic) bond motifs is 2. The number of imide groups is 1. The largest absolute Gasteiger partial charge is 0.493 e. The SMILES string of the molecule is O=C1CCC(N2Cc3c(NCC(=O)N4CCC(COc5cccc(-c6ccc(Cl)cc6)c5CN5CCN(c6ccc(C(=O)NS(=O)(=O)c7ccc(NCC8CCOCC8)c([N+](=O)[O-])c7)c(Oc7cnc8[nH]ccc8c7)c6)CC5)CC4)cccc3C2=O)C(=O)N1. The number of hydrogen-bond donors (Lipinski definition) is 5. The maximum absolute atomic E-state index is 14.2. The standard InChI is InChI=1S/C64H66ClN11O12S/c65-44-9-7-42(8-10-44)48-3-2-6-57(87-39-41-18-23-74(24-19-41)60(78)36-68-53-5-1-4-49-51(53)38-75(64(49)81)55-15-16-59(77)70-63(55)80)52(48)37-72-25-27-73(28-26-72)45-11-13-50(58(32-45)88-46-31-43-17-22-66-61(43)69-35-46)62(79)71-89(84,85)47-12-14-54(56(33-47)76(82)83)67-34-40-20-29-86-30-21-40/h1-14,17,22,31-33,35,40-41,55,67-68H,15-16,18-21,23-30,34,36-39H2,(H,66,69)(H,71,79)(H,70,77,80). The van der Waals surface area contributed by atoms with Crippen LogP contribution in [0.15, 0.2) is 126 Å². The van der Waals surface area contributed by atoms with Crippen molar-refractivity contribution in [2.45, 2.75) is 62.6 Å². The maximum Gasteiger partial charge on any atom is 0.293 e. The number of benzene rings is 5. The molecule has 1 unspecified atom stereocenters. The number of nitrogens with one attached hydrogen (secondary N) is 5. The van der Waals surface area contributed by atoms with Gasteiger partial charge in [0.05, 0.1) is 34.7 Å². The number of aromatic nitrogens is 2. The number of H-pyrrole nitrogens is 1. The molecule has 0 aliphatic carbocycles. The first-order valence-electron chi connectivity index (χ1n) is 29.8. The molecule has 5 aliphatic rings. The number of rotatable bonds is 20. The van der Waals surface area contributed by atoms with Crippen molar-refractivity contribution in [3.63, 3.8) is 0 Å². The molecule has 0 radical (unpaired) electrons. The monoisotopic (exact) mass is 1250 g/mol. The van der Waals surface area contributed by atoms with Crippen LogP contribution in [-0.2, 0) is 42.2 Å². The van der Waals surface area contributed by atoms with E-state index in [-0.39, 0.29) is 72.5 Å². The number of amides is 5. The molecule has 5 N–H and O–H groups in total. The second-order valence-corrected chi connectivity index (χ2v) is 25.1. The third-order valence-corrected chi connectivity index (χ3v) is 18.9. The van der Waals surface area contributed by atoms with Gasteiger partial charge in [0.15, 0.2) is 0 Å². The third kappa shape index (κ3) is 13.6. The Hall–Kier alpha value is -9.10. The lowest BCUT2D eigenvalue weighted by atomic mass is 9.96. The number of carbonyl (C=O) groups is 5. The van der Waals surface area contributed by atoms with E-state index in [1.165, 1.54) is 29.3 Å². The molecule has 7 aromatic rings. The predicted molar refractivity (Wildman–Crippen MR) is 333 cm³/mol. The molecule has 5 amide bonds. The summed E-state index contributed by atoms with van der Waals surface area (Å²) in [6.45, 7) is 6.44. The van der Waals surface area contributed by atoms with Gasteiger partial charge in [-0.05, 0) is 122 Å². The number of ether oxygens (including phenoxy) is 3. The van der Waals surface area contributed by atoms with Crippen molar-refractivity contribution in [1.82, 2.24) is 34.7 Å². The van der Waals surface area contributed by atoms with E-state index in [1.807, 2.05) is 53.4 Å². The van der Waals surface area contributed by atoms with E-state index in [0.717, 1.165) is 65.3 Å². The molecule has 12 rings (SSSR count). The number of likely N-dealkylation sites (tertiary alicyclic amines) is 1. The van der Waals surface area contributed by atoms with Crippen LogP contribution in [-0.4, -0.2) is 146 Å². The fourth-order valence-electron chi connectivity index (χ4n) is 12.2. The van der Waals surface area contributed by atoms with Crippen molar-refractivity contribution in [3.8, 4) is 28.4 Å². The number of sulfonamides is 1. The minimum atomic E-state index is -4.63. The van der Waals surface area contributed by atoms with Gasteiger partial charge in [0.25, 0.3) is 27.5 Å². The zero-order chi connectivity index (χ0) is 61.8. The number of nitro groups is 1. The number of carbonyl (C=O) groups excluding carboxylic acids is 5. The van der Waals surface area contributed by atoms with Crippen LogP contribution in [0.4, 0.5) is 22.7 Å². The first kappa shape index (κ1) is 60.2. The average Bonchev–Trinajstić information content (AvgIpc) is 2.58. The zero-order valence-electron chi connectivity index (χ0n) is 48.6. The van der Waals surface area contributed by atoms with Crippen LogP contribution in [0, 0.1) is 22.0 Å². The number of piperidine rings is 2. The molecule has 0 spiro atoms. The van der Waals surface area contributed by atoms with Gasteiger partial charge in [-0.1, -0.05) is 41.9 Å². The van der Waals surface area contributed by atoms with Crippen molar-refractivity contribution < 1.29 is 51.5 Å². The Balaban J connectivity index is 0.694. The van der Waals surface area contributed by atoms with E-state index in [4.69, 9.17) is 25.8 Å². The van der Waals surface area contributed by atoms with Gasteiger partial charge in [-0.15, -0.1) is 0 Å². The average molecular weight is 1250 g/mol. The number of pyridine rings is 1. The smallest absolute Gasteiger partial charge is 0.293 e. The summed E-state index contributed by atoms with van der Waals surface area (Å²) in [7, 11) is -4.63. The van der Waals surface area contributed by atoms with E-state index >= 15 is 0 Å². The molecule has 1 atom stereocenters. The second kappa shape index (κ2) is 26.3. The molecule has 89 heavy (non-hydrogen) atoms. The summed E-state index contributed by atoms with van der Waals surface area (Å²) in [6.07, 6.45) is 6.73. The summed E-state index contributed by atoms with van der Waals surface area (Å²) in [5.74, 6) is -0.636. The lowest BCUT2D eigenvalue weighted by Crippen LogP contribution is -2.52. The minimum absolute atomic E-state index is 0.0312. The number of aromatic amines is 1. The van der Waals surface area contributed by atoms with E-state index in [0.29, 0.717) is 105 Å². The number of anilines is 3. The lowest BCUT2D eigenvalue weighted by molar-refractivity contribution is -0.384. The summed E-state index contributed by atoms with van der Waals surface area (Å²) >= 11 is 6.37. The van der Waals surface area contributed by atoms with Crippen LogP contribution in [0.2, 0.25) is 5.02 Å². The molecule has 462 valence electrons. The molecular weight excluding hydrogens is 1180 g/mol. The Kier molecular flexibility index (Phi) is 17.8. The molecule has 23 nitrogen and oxygen atoms in total. The molecule has 0 saturated carbocycles. The Morgan fingerprint density at radius 3 is 2.36 bits per heavy atom. The normalized spacial score (nSPS) is 17.7. The fourth-order valence-corrected chi connectivity index (χ4v) is 13.4. The van der Waals surface area contributed by atoms with E-state index < -0.39 is 43.4 Å². The quantitative estimate of drug-likeness (QED) is 0.0272. The molecule has 7 heterocycles. The number of nitro benzene ring substituents is 1. The Bertz CT molecular complexity index is 3980. The highest BCUT2D eigenvalue weighted by Gasteiger charge is 2.40. The van der Waals surface area contributed by atoms with Crippen LogP contribution in [0.5, 0.6) is 17.2 Å². The van der Waals surface area contributed by atoms with Gasteiger partial charge in [0.1, 0.15) is 34.6 Å². The van der Waals surface area contributed by atoms with Crippen molar-refractivity contribution in [1.29, 1.82) is 0 Å². The minimum Gasteiger partial charge on any atom is -0.493 e. The van der Waals surface area contributed by atoms with Crippen molar-refractivity contribution in [3.05, 3.63) is 159 Å². The number of piperazine rings is 1. The van der Waals surface area contributed by atoms with E-state index in [1.54, 1.807) is 36.5 Å². The maximum atomic E-state index is 14.2. The van der Waals surface area contributed by atoms with Crippen LogP contribution in [0.1, 0.15) is 70.4 Å². The van der Waals surface area contributed by atoms with Gasteiger partial charge in [0, 0.05) is 135 Å². The van der Waals surface area contributed by atoms with Crippen molar-refractivity contribution in [2.75, 3.05) is 87.7 Å². The topological polar surface area (TPSA) is 280 Å². The lowest BCUT2D eigenvalue weighted by Gasteiger charge is -2.37. The first-order valence-corrected chi connectivity index (χ1v) is 31.7. The van der Waals surface area contributed by atoms with Crippen LogP contribution in [0.25, 0.3) is 22.2 Å². The highest BCUT2D eigenvalue weighted by molar-refractivity contribution is 7.90. The molecule has 4 fully saturated rings. The zero-order valence-corrected chi connectivity index (χ0v) is 50.2. The fraction of sp³-hybridized carbons (Fsp3) is 0.344. The van der Waals surface area contributed by atoms with Gasteiger partial charge >= 0.3 is 0 Å². The highest BCUT2D eigenvalue weighted by atomic mass is 35.5. The Morgan fingerprint density at radius 2 is 1.58 bits per heavy atom. The number of nitrogens with zero attached hydrogens (tertiary/aromatic N) is 6. The molecule has 4 saturated heterocycles. The molecular formula is C64H66ClN11O12S. The highest BCUT2D eigenvalue weighted by Crippen LogP contribution is 2.38. The molecule has 5 aromatic carbocycles. The molecule has 0 bridgehead atoms. The Morgan fingerprint density at radius 1 is 0.809 bits per heavy atom. The second-order valence-electron chi connectivity index (χ2n) is 22.9. The summed E-state index contributed by atoms with van der Waals surface area (Å²) in [6, 6.07) is 30.3. The van der Waals surface area contributed by atoms with Crippen LogP contribution in [0.3, 0.4) is 0 Å². The summed E-state index contributed by atoms with van der Waals surface area (Å²) in [4.78, 5) is 92.1. The first-order chi connectivity index (χ1) is 43.1. The van der Waals surface area contributed by atoms with Crippen LogP contribution < -0.4 is 35.0 Å². The molecule has 5 aliphatic heterocycles. The molecule has 2 aromatic heterocycles. The molecule has 25 heteroatoms. The van der Waals surface area contributed by atoms with Gasteiger partial charge < -0.3 is 44.5 Å². The van der Waals surface area contributed by atoms with E-state index in [9.17, 15) is 42.5 Å². The van der Waals surface area contributed by atoms with Gasteiger partial charge in [-0.25, -0.2) is 18.1 Å².